The van der Waals surface area contributed by atoms with Crippen molar-refractivity contribution < 1.29 is 8.42 Å². The Labute approximate surface area is 119 Å². The number of aromatic nitrogens is 2. The minimum atomic E-state index is -3.55. The van der Waals surface area contributed by atoms with Crippen molar-refractivity contribution in [3.63, 3.8) is 0 Å². The molecule has 0 amide bonds. The Morgan fingerprint density at radius 1 is 1.20 bits per heavy atom. The van der Waals surface area contributed by atoms with Crippen LogP contribution in [0.5, 0.6) is 0 Å². The lowest BCUT2D eigenvalue weighted by Crippen LogP contribution is -2.14. The Hall–Kier alpha value is -2.08. The average Bonchev–Trinajstić information content (AvgIpc) is 2.85. The molecule has 1 aromatic heterocycles. The van der Waals surface area contributed by atoms with Crippen LogP contribution >= 0.6 is 0 Å². The van der Waals surface area contributed by atoms with Gasteiger partial charge in [-0.15, -0.1) is 0 Å². The van der Waals surface area contributed by atoms with Gasteiger partial charge in [0.1, 0.15) is 5.82 Å². The van der Waals surface area contributed by atoms with Crippen LogP contribution in [0.25, 0.3) is 6.08 Å². The zero-order chi connectivity index (χ0) is 14.6. The third-order valence-electron chi connectivity index (χ3n) is 2.65. The fourth-order valence-electron chi connectivity index (χ4n) is 1.72. The second kappa shape index (κ2) is 5.92. The van der Waals surface area contributed by atoms with E-state index in [2.05, 4.69) is 9.82 Å². The largest absolute Gasteiger partial charge is 0.264 e. The van der Waals surface area contributed by atoms with Gasteiger partial charge in [0.2, 0.25) is 0 Å². The van der Waals surface area contributed by atoms with E-state index < -0.39 is 10.0 Å². The van der Waals surface area contributed by atoms with Crippen LogP contribution in [0.15, 0.2) is 48.0 Å². The quantitative estimate of drug-likeness (QED) is 0.921. The molecule has 6 heteroatoms. The van der Waals surface area contributed by atoms with Crippen molar-refractivity contribution in [2.45, 2.75) is 19.9 Å². The summed E-state index contributed by atoms with van der Waals surface area (Å²) < 4.78 is 28.1. The molecule has 0 saturated carbocycles. The van der Waals surface area contributed by atoms with Gasteiger partial charge in [0.15, 0.2) is 0 Å². The van der Waals surface area contributed by atoms with E-state index >= 15 is 0 Å². The van der Waals surface area contributed by atoms with Crippen LogP contribution in [-0.4, -0.2) is 18.2 Å². The van der Waals surface area contributed by atoms with E-state index in [4.69, 9.17) is 0 Å². The Morgan fingerprint density at radius 2 is 1.90 bits per heavy atom. The summed E-state index contributed by atoms with van der Waals surface area (Å²) in [6.07, 6.45) is 3.12. The number of rotatable bonds is 5. The van der Waals surface area contributed by atoms with E-state index in [-0.39, 0.29) is 6.04 Å². The molecule has 2 aromatic rings. The zero-order valence-corrected chi connectivity index (χ0v) is 12.2. The number of anilines is 1. The molecule has 0 atom stereocenters. The summed E-state index contributed by atoms with van der Waals surface area (Å²) >= 11 is 0. The maximum atomic E-state index is 12.0. The molecule has 1 N–H and O–H groups in total. The highest BCUT2D eigenvalue weighted by molar-refractivity contribution is 7.95. The van der Waals surface area contributed by atoms with Crippen LogP contribution in [0, 0.1) is 0 Å². The van der Waals surface area contributed by atoms with E-state index in [1.54, 1.807) is 23.0 Å². The summed E-state index contributed by atoms with van der Waals surface area (Å²) in [5.41, 5.74) is 0.829. The standard InChI is InChI=1S/C14H17N3O2S/c1-12(2)17-14(8-10-15-17)16-20(18,19)11-9-13-6-4-3-5-7-13/h3-12,16H,1-2H3. The van der Waals surface area contributed by atoms with Crippen LogP contribution in [0.3, 0.4) is 0 Å². The molecule has 0 saturated heterocycles. The molecule has 0 spiro atoms. The van der Waals surface area contributed by atoms with Gasteiger partial charge >= 0.3 is 0 Å². The maximum absolute atomic E-state index is 12.0. The van der Waals surface area contributed by atoms with Gasteiger partial charge in [-0.05, 0) is 25.5 Å². The van der Waals surface area contributed by atoms with Crippen LogP contribution < -0.4 is 4.72 Å². The lowest BCUT2D eigenvalue weighted by molar-refractivity contribution is 0.539. The molecule has 1 heterocycles. The van der Waals surface area contributed by atoms with Crippen molar-refractivity contribution in [1.82, 2.24) is 9.78 Å². The fourth-order valence-corrected chi connectivity index (χ4v) is 2.58. The monoisotopic (exact) mass is 291 g/mol. The minimum absolute atomic E-state index is 0.0841. The van der Waals surface area contributed by atoms with Gasteiger partial charge in [-0.3, -0.25) is 4.72 Å². The molecule has 0 fully saturated rings. The highest BCUT2D eigenvalue weighted by Gasteiger charge is 2.11. The van der Waals surface area contributed by atoms with E-state index in [1.807, 2.05) is 44.2 Å². The van der Waals surface area contributed by atoms with Crippen LogP contribution in [0.1, 0.15) is 25.5 Å². The molecule has 5 nitrogen and oxygen atoms in total. The van der Waals surface area contributed by atoms with Crippen molar-refractivity contribution in [2.75, 3.05) is 4.72 Å². The first kappa shape index (κ1) is 14.3. The zero-order valence-electron chi connectivity index (χ0n) is 11.4. The first-order valence-corrected chi connectivity index (χ1v) is 7.82. The van der Waals surface area contributed by atoms with E-state index in [9.17, 15) is 8.42 Å². The summed E-state index contributed by atoms with van der Waals surface area (Å²) in [6.45, 7) is 3.87. The van der Waals surface area contributed by atoms with Gasteiger partial charge < -0.3 is 0 Å². The Balaban J connectivity index is 2.16. The van der Waals surface area contributed by atoms with Gasteiger partial charge in [-0.25, -0.2) is 13.1 Å². The Bertz CT molecular complexity index is 688. The molecule has 20 heavy (non-hydrogen) atoms. The fraction of sp³-hybridized carbons (Fsp3) is 0.214. The molecule has 0 unspecified atom stereocenters. The number of nitrogens with zero attached hydrogens (tertiary/aromatic N) is 2. The normalized spacial score (nSPS) is 12.2. The molecule has 0 radical (unpaired) electrons. The number of benzene rings is 1. The molecule has 106 valence electrons. The first-order chi connectivity index (χ1) is 9.48. The van der Waals surface area contributed by atoms with Crippen molar-refractivity contribution in [2.24, 2.45) is 0 Å². The number of sulfonamides is 1. The van der Waals surface area contributed by atoms with E-state index in [1.165, 1.54) is 0 Å². The Kier molecular flexibility index (Phi) is 4.24. The predicted octanol–water partition coefficient (Wildman–Crippen LogP) is 2.88. The smallest absolute Gasteiger partial charge is 0.256 e. The van der Waals surface area contributed by atoms with Crippen LogP contribution in [0.2, 0.25) is 0 Å². The molecule has 0 aliphatic heterocycles. The van der Waals surface area contributed by atoms with Gasteiger partial charge in [0, 0.05) is 12.1 Å². The van der Waals surface area contributed by atoms with Gasteiger partial charge in [-0.1, -0.05) is 30.3 Å². The summed E-state index contributed by atoms with van der Waals surface area (Å²) in [5.74, 6) is 0.456. The number of hydrogen-bond donors (Lipinski definition) is 1. The third kappa shape index (κ3) is 3.71. The highest BCUT2D eigenvalue weighted by atomic mass is 32.2. The highest BCUT2D eigenvalue weighted by Crippen LogP contribution is 2.15. The number of nitrogens with one attached hydrogen (secondary N) is 1. The van der Waals surface area contributed by atoms with E-state index in [0.29, 0.717) is 5.82 Å². The molecule has 0 aliphatic rings. The van der Waals surface area contributed by atoms with Crippen molar-refractivity contribution in [1.29, 1.82) is 0 Å². The van der Waals surface area contributed by atoms with Gasteiger partial charge in [0.05, 0.1) is 11.6 Å². The minimum Gasteiger partial charge on any atom is -0.264 e. The SMILES string of the molecule is CC(C)n1nccc1NS(=O)(=O)C=Cc1ccccc1. The van der Waals surface area contributed by atoms with Crippen LogP contribution in [0.4, 0.5) is 5.82 Å². The van der Waals surface area contributed by atoms with E-state index in [0.717, 1.165) is 11.0 Å². The van der Waals surface area contributed by atoms with Crippen molar-refractivity contribution in [3.05, 3.63) is 53.6 Å². The Morgan fingerprint density at radius 3 is 2.55 bits per heavy atom. The molecule has 1 aromatic carbocycles. The lowest BCUT2D eigenvalue weighted by Gasteiger charge is -2.11. The summed E-state index contributed by atoms with van der Waals surface area (Å²) in [5, 5.41) is 5.24. The van der Waals surface area contributed by atoms with Crippen LogP contribution in [-0.2, 0) is 10.0 Å². The second-order valence-electron chi connectivity index (χ2n) is 4.62. The maximum Gasteiger partial charge on any atom is 0.256 e. The number of hydrogen-bond acceptors (Lipinski definition) is 3. The lowest BCUT2D eigenvalue weighted by atomic mass is 10.2. The summed E-state index contributed by atoms with van der Waals surface area (Å²) in [6, 6.07) is 11.0. The molecule has 2 rings (SSSR count). The summed E-state index contributed by atoms with van der Waals surface area (Å²) in [4.78, 5) is 0. The predicted molar refractivity (Wildman–Crippen MR) is 80.6 cm³/mol. The second-order valence-corrected chi connectivity index (χ2v) is 6.18. The molecule has 0 bridgehead atoms. The molecule has 0 aliphatic carbocycles. The topological polar surface area (TPSA) is 64.0 Å². The average molecular weight is 291 g/mol. The summed E-state index contributed by atoms with van der Waals surface area (Å²) in [7, 11) is -3.55. The molecular weight excluding hydrogens is 274 g/mol. The first-order valence-electron chi connectivity index (χ1n) is 6.27. The van der Waals surface area contributed by atoms with Gasteiger partial charge in [0.25, 0.3) is 10.0 Å². The van der Waals surface area contributed by atoms with Gasteiger partial charge in [-0.2, -0.15) is 5.10 Å². The molecular formula is C14H17N3O2S. The third-order valence-corrected chi connectivity index (χ3v) is 3.63. The van der Waals surface area contributed by atoms with Crippen molar-refractivity contribution >= 4 is 21.9 Å². The van der Waals surface area contributed by atoms with Crippen molar-refractivity contribution in [3.8, 4) is 0 Å².